The van der Waals surface area contributed by atoms with Gasteiger partial charge in [0.1, 0.15) is 0 Å². The maximum Gasteiger partial charge on any atom is 0.268 e. The van der Waals surface area contributed by atoms with Crippen molar-refractivity contribution >= 4 is 20.9 Å². The van der Waals surface area contributed by atoms with Gasteiger partial charge in [0.2, 0.25) is 0 Å². The number of pyridine rings is 1. The Morgan fingerprint density at radius 3 is 2.50 bits per heavy atom. The topological polar surface area (TPSA) is 78.0 Å². The second-order valence-electron chi connectivity index (χ2n) is 6.83. The second kappa shape index (κ2) is 7.27. The number of nitrogens with zero attached hydrogens (tertiary/aromatic N) is 3. The quantitative estimate of drug-likeness (QED) is 0.422. The van der Waals surface area contributed by atoms with Crippen molar-refractivity contribution in [3.8, 4) is 11.3 Å². The van der Waals surface area contributed by atoms with E-state index in [0.29, 0.717) is 29.2 Å². The summed E-state index contributed by atoms with van der Waals surface area (Å²) in [6, 6.07) is 19.6. The van der Waals surface area contributed by atoms with Gasteiger partial charge in [0.05, 0.1) is 23.0 Å². The number of oxazole rings is 1. The van der Waals surface area contributed by atoms with Crippen LogP contribution in [-0.4, -0.2) is 22.4 Å². The van der Waals surface area contributed by atoms with Crippen LogP contribution in [-0.2, 0) is 16.4 Å². The van der Waals surface area contributed by atoms with Crippen molar-refractivity contribution in [2.45, 2.75) is 11.3 Å². The highest BCUT2D eigenvalue weighted by Gasteiger charge is 2.22. The number of hydrogen-bond acceptors (Lipinski definition) is 5. The van der Waals surface area contributed by atoms with Crippen LogP contribution in [0.25, 0.3) is 22.2 Å². The molecule has 5 aromatic rings. The van der Waals surface area contributed by atoms with Gasteiger partial charge in [0.25, 0.3) is 10.0 Å². The van der Waals surface area contributed by atoms with Crippen LogP contribution in [0.15, 0.2) is 101 Å². The van der Waals surface area contributed by atoms with E-state index in [4.69, 9.17) is 4.42 Å². The SMILES string of the molecule is O=S(=O)(c1ccccc1)n1cc(-c2cnc(Cc3cccnc3)o2)c2ccccc21. The third-order valence-corrected chi connectivity index (χ3v) is 6.56. The van der Waals surface area contributed by atoms with Gasteiger partial charge in [-0.25, -0.2) is 17.4 Å². The molecule has 0 saturated heterocycles. The van der Waals surface area contributed by atoms with Crippen molar-refractivity contribution in [2.24, 2.45) is 0 Å². The lowest BCUT2D eigenvalue weighted by molar-refractivity contribution is 0.519. The molecule has 0 aliphatic heterocycles. The molecule has 0 atom stereocenters. The van der Waals surface area contributed by atoms with Crippen LogP contribution in [0.3, 0.4) is 0 Å². The summed E-state index contributed by atoms with van der Waals surface area (Å²) in [7, 11) is -3.75. The first-order chi connectivity index (χ1) is 14.6. The Morgan fingerprint density at radius 2 is 1.70 bits per heavy atom. The van der Waals surface area contributed by atoms with Crippen LogP contribution < -0.4 is 0 Å². The normalized spacial score (nSPS) is 11.7. The molecule has 0 bridgehead atoms. The lowest BCUT2D eigenvalue weighted by Gasteiger charge is -2.07. The second-order valence-corrected chi connectivity index (χ2v) is 8.65. The number of hydrogen-bond donors (Lipinski definition) is 0. The number of aromatic nitrogens is 3. The van der Waals surface area contributed by atoms with E-state index in [1.165, 1.54) is 3.97 Å². The molecule has 0 saturated carbocycles. The van der Waals surface area contributed by atoms with Crippen molar-refractivity contribution in [3.63, 3.8) is 0 Å². The first kappa shape index (κ1) is 18.3. The summed E-state index contributed by atoms with van der Waals surface area (Å²) in [5, 5.41) is 0.779. The molecule has 3 aromatic heterocycles. The van der Waals surface area contributed by atoms with Gasteiger partial charge in [-0.3, -0.25) is 4.98 Å². The highest BCUT2D eigenvalue weighted by Crippen LogP contribution is 2.33. The molecule has 0 radical (unpaired) electrons. The molecular formula is C23H17N3O3S. The van der Waals surface area contributed by atoms with E-state index in [-0.39, 0.29) is 4.90 Å². The van der Waals surface area contributed by atoms with Crippen LogP contribution in [0.5, 0.6) is 0 Å². The zero-order chi connectivity index (χ0) is 20.6. The van der Waals surface area contributed by atoms with Gasteiger partial charge in [0, 0.05) is 29.5 Å². The fraction of sp³-hybridized carbons (Fsp3) is 0.0435. The van der Waals surface area contributed by atoms with Gasteiger partial charge in [-0.15, -0.1) is 0 Å². The van der Waals surface area contributed by atoms with Gasteiger partial charge >= 0.3 is 0 Å². The summed E-state index contributed by atoms with van der Waals surface area (Å²) >= 11 is 0. The lowest BCUT2D eigenvalue weighted by atomic mass is 10.1. The molecule has 5 rings (SSSR count). The van der Waals surface area contributed by atoms with Crippen LogP contribution in [0, 0.1) is 0 Å². The Labute approximate surface area is 173 Å². The highest BCUT2D eigenvalue weighted by molar-refractivity contribution is 7.90. The van der Waals surface area contributed by atoms with Crippen LogP contribution >= 0.6 is 0 Å². The van der Waals surface area contributed by atoms with E-state index in [0.717, 1.165) is 10.9 Å². The van der Waals surface area contributed by atoms with Gasteiger partial charge in [0.15, 0.2) is 11.7 Å². The summed E-state index contributed by atoms with van der Waals surface area (Å²) in [4.78, 5) is 8.71. The van der Waals surface area contributed by atoms with Crippen LogP contribution in [0.1, 0.15) is 11.5 Å². The molecular weight excluding hydrogens is 398 g/mol. The molecule has 7 heteroatoms. The standard InChI is InChI=1S/C23H17N3O3S/c27-30(28,18-8-2-1-3-9-18)26-16-20(19-10-4-5-11-21(19)26)22-15-25-23(29-22)13-17-7-6-12-24-14-17/h1-12,14-16H,13H2. The molecule has 0 spiro atoms. The molecule has 148 valence electrons. The van der Waals surface area contributed by atoms with Crippen molar-refractivity contribution in [3.05, 3.63) is 103 Å². The highest BCUT2D eigenvalue weighted by atomic mass is 32.2. The fourth-order valence-electron chi connectivity index (χ4n) is 3.44. The summed E-state index contributed by atoms with van der Waals surface area (Å²) in [5.74, 6) is 1.06. The van der Waals surface area contributed by atoms with E-state index >= 15 is 0 Å². The molecule has 0 unspecified atom stereocenters. The van der Waals surface area contributed by atoms with Gasteiger partial charge in [-0.05, 0) is 29.8 Å². The molecule has 2 aromatic carbocycles. The van der Waals surface area contributed by atoms with Crippen molar-refractivity contribution in [1.82, 2.24) is 13.9 Å². The maximum atomic E-state index is 13.2. The van der Waals surface area contributed by atoms with Crippen molar-refractivity contribution in [1.29, 1.82) is 0 Å². The third kappa shape index (κ3) is 3.19. The molecule has 0 aliphatic rings. The number of benzene rings is 2. The van der Waals surface area contributed by atoms with Gasteiger partial charge < -0.3 is 4.42 Å². The lowest BCUT2D eigenvalue weighted by Crippen LogP contribution is -2.11. The van der Waals surface area contributed by atoms with Crippen molar-refractivity contribution in [2.75, 3.05) is 0 Å². The zero-order valence-corrected chi connectivity index (χ0v) is 16.7. The summed E-state index contributed by atoms with van der Waals surface area (Å²) in [6.07, 6.45) is 7.22. The molecule has 0 amide bonds. The third-order valence-electron chi connectivity index (χ3n) is 4.88. The predicted octanol–water partition coefficient (Wildman–Crippen LogP) is 4.52. The average molecular weight is 415 g/mol. The number of rotatable bonds is 5. The van der Waals surface area contributed by atoms with Crippen LogP contribution in [0.2, 0.25) is 0 Å². The van der Waals surface area contributed by atoms with Gasteiger partial charge in [-0.1, -0.05) is 42.5 Å². The Morgan fingerprint density at radius 1 is 0.900 bits per heavy atom. The van der Waals surface area contributed by atoms with E-state index in [1.54, 1.807) is 61.2 Å². The Kier molecular flexibility index (Phi) is 4.44. The first-order valence-corrected chi connectivity index (χ1v) is 10.8. The smallest absolute Gasteiger partial charge is 0.268 e. The van der Waals surface area contributed by atoms with E-state index < -0.39 is 10.0 Å². The monoisotopic (exact) mass is 415 g/mol. The fourth-order valence-corrected chi connectivity index (χ4v) is 4.84. The van der Waals surface area contributed by atoms with Crippen LogP contribution in [0.4, 0.5) is 0 Å². The molecule has 6 nitrogen and oxygen atoms in total. The minimum absolute atomic E-state index is 0.229. The zero-order valence-electron chi connectivity index (χ0n) is 15.8. The summed E-state index contributed by atoms with van der Waals surface area (Å²) < 4.78 is 33.8. The van der Waals surface area contributed by atoms with E-state index in [2.05, 4.69) is 9.97 Å². The first-order valence-electron chi connectivity index (χ1n) is 9.37. The van der Waals surface area contributed by atoms with E-state index in [9.17, 15) is 8.42 Å². The summed E-state index contributed by atoms with van der Waals surface area (Å²) in [6.45, 7) is 0. The molecule has 0 N–H and O–H groups in total. The minimum atomic E-state index is -3.75. The van der Waals surface area contributed by atoms with E-state index in [1.807, 2.05) is 30.3 Å². The van der Waals surface area contributed by atoms with Crippen molar-refractivity contribution < 1.29 is 12.8 Å². The van der Waals surface area contributed by atoms with Gasteiger partial charge in [-0.2, -0.15) is 0 Å². The number of para-hydroxylation sites is 1. The average Bonchev–Trinajstić information content (AvgIpc) is 3.40. The Balaban J connectivity index is 1.60. The Hall–Kier alpha value is -3.71. The molecule has 3 heterocycles. The largest absolute Gasteiger partial charge is 0.440 e. The predicted molar refractivity (Wildman–Crippen MR) is 114 cm³/mol. The molecule has 30 heavy (non-hydrogen) atoms. The minimum Gasteiger partial charge on any atom is -0.440 e. The summed E-state index contributed by atoms with van der Waals surface area (Å²) in [5.41, 5.74) is 2.25. The molecule has 0 aliphatic carbocycles. The molecule has 0 fully saturated rings. The Bertz CT molecular complexity index is 1420. The maximum absolute atomic E-state index is 13.2. The number of fused-ring (bicyclic) bond motifs is 1.